The minimum Gasteiger partial charge on any atom is -0.358 e. The smallest absolute Gasteiger partial charge is 0.358 e. The van der Waals surface area contributed by atoms with E-state index >= 15 is 0 Å². The van der Waals surface area contributed by atoms with Crippen molar-refractivity contribution in [3.8, 4) is 0 Å². The number of benzene rings is 1. The first kappa shape index (κ1) is 16.0. The van der Waals surface area contributed by atoms with Crippen molar-refractivity contribution < 1.29 is 56.2 Å². The first-order valence-corrected chi connectivity index (χ1v) is 3.71. The summed E-state index contributed by atoms with van der Waals surface area (Å²) in [5.74, 6) is 0.396. The SMILES string of the molecule is CC(C)c1c[c-]ccc1C=O.[CH3-].[K+]. The number of hydrogen-bond acceptors (Lipinski definition) is 1. The fraction of sp³-hybridized carbons (Fsp3) is 0.273. The Balaban J connectivity index is 0. The van der Waals surface area contributed by atoms with Gasteiger partial charge in [-0.1, -0.05) is 25.3 Å². The Morgan fingerprint density at radius 1 is 1.46 bits per heavy atom. The van der Waals surface area contributed by atoms with Crippen LogP contribution in [0.25, 0.3) is 0 Å². The summed E-state index contributed by atoms with van der Waals surface area (Å²) < 4.78 is 0. The second-order valence-corrected chi connectivity index (χ2v) is 2.83. The molecule has 0 saturated heterocycles. The van der Waals surface area contributed by atoms with E-state index in [1.54, 1.807) is 12.1 Å². The quantitative estimate of drug-likeness (QED) is 0.370. The van der Waals surface area contributed by atoms with Crippen molar-refractivity contribution in [2.45, 2.75) is 19.8 Å². The van der Waals surface area contributed by atoms with Gasteiger partial charge in [0.15, 0.2) is 0 Å². The summed E-state index contributed by atoms with van der Waals surface area (Å²) in [6.07, 6.45) is 0.892. The fourth-order valence-corrected chi connectivity index (χ4v) is 1.06. The molecule has 1 rings (SSSR count). The maximum absolute atomic E-state index is 10.5. The summed E-state index contributed by atoms with van der Waals surface area (Å²) in [5.41, 5.74) is 1.85. The molecule has 0 spiro atoms. The summed E-state index contributed by atoms with van der Waals surface area (Å²) in [7, 11) is 0. The molecule has 0 fully saturated rings. The van der Waals surface area contributed by atoms with Crippen LogP contribution in [0.5, 0.6) is 0 Å². The van der Waals surface area contributed by atoms with Gasteiger partial charge in [-0.05, 0) is 0 Å². The molecular weight excluding hydrogens is 187 g/mol. The number of rotatable bonds is 2. The van der Waals surface area contributed by atoms with E-state index in [1.807, 2.05) is 6.07 Å². The molecule has 0 aliphatic heterocycles. The summed E-state index contributed by atoms with van der Waals surface area (Å²) in [5, 5.41) is 0. The van der Waals surface area contributed by atoms with Crippen LogP contribution >= 0.6 is 0 Å². The molecule has 0 bridgehead atoms. The Kier molecular flexibility index (Phi) is 9.69. The van der Waals surface area contributed by atoms with Crippen molar-refractivity contribution in [3.05, 3.63) is 42.8 Å². The van der Waals surface area contributed by atoms with Gasteiger partial charge in [0.1, 0.15) is 6.29 Å². The van der Waals surface area contributed by atoms with E-state index in [9.17, 15) is 4.79 Å². The van der Waals surface area contributed by atoms with Gasteiger partial charge >= 0.3 is 51.4 Å². The van der Waals surface area contributed by atoms with Crippen LogP contribution in [0.1, 0.15) is 35.7 Å². The van der Waals surface area contributed by atoms with Crippen molar-refractivity contribution in [2.75, 3.05) is 0 Å². The zero-order chi connectivity index (χ0) is 8.27. The Hall–Kier alpha value is 0.526. The molecule has 0 aliphatic carbocycles. The van der Waals surface area contributed by atoms with Gasteiger partial charge < -0.3 is 12.2 Å². The third-order valence-corrected chi connectivity index (χ3v) is 1.68. The molecular formula is C11H14KO-. The van der Waals surface area contributed by atoms with Gasteiger partial charge in [-0.3, -0.25) is 0 Å². The van der Waals surface area contributed by atoms with E-state index in [0.717, 1.165) is 17.4 Å². The number of carbonyl (C=O) groups excluding carboxylic acids is 1. The summed E-state index contributed by atoms with van der Waals surface area (Å²) in [4.78, 5) is 10.5. The van der Waals surface area contributed by atoms with Crippen molar-refractivity contribution in [2.24, 2.45) is 0 Å². The van der Waals surface area contributed by atoms with E-state index in [1.165, 1.54) is 0 Å². The standard InChI is InChI=1S/C10H11O.CH3.K/c1-8(2)10-6-4-3-5-9(10)7-11;;/h3,5-8H,1-2H3;1H3;/q2*-1;+1. The van der Waals surface area contributed by atoms with Gasteiger partial charge in [-0.2, -0.15) is 24.3 Å². The van der Waals surface area contributed by atoms with Crippen molar-refractivity contribution in [1.29, 1.82) is 0 Å². The third-order valence-electron chi connectivity index (χ3n) is 1.68. The molecule has 1 aromatic carbocycles. The van der Waals surface area contributed by atoms with E-state index in [0.29, 0.717) is 5.92 Å². The Morgan fingerprint density at radius 3 is 2.46 bits per heavy atom. The molecule has 0 aliphatic rings. The molecule has 13 heavy (non-hydrogen) atoms. The van der Waals surface area contributed by atoms with Crippen LogP contribution in [0.15, 0.2) is 18.2 Å². The van der Waals surface area contributed by atoms with E-state index in [4.69, 9.17) is 0 Å². The third kappa shape index (κ3) is 4.52. The Morgan fingerprint density at radius 2 is 2.08 bits per heavy atom. The van der Waals surface area contributed by atoms with Crippen LogP contribution in [0.4, 0.5) is 0 Å². The summed E-state index contributed by atoms with van der Waals surface area (Å²) >= 11 is 0. The van der Waals surface area contributed by atoms with E-state index in [2.05, 4.69) is 19.9 Å². The van der Waals surface area contributed by atoms with Crippen LogP contribution < -0.4 is 51.4 Å². The van der Waals surface area contributed by atoms with Crippen molar-refractivity contribution >= 4 is 6.29 Å². The van der Waals surface area contributed by atoms with E-state index in [-0.39, 0.29) is 58.8 Å². The molecule has 2 heteroatoms. The summed E-state index contributed by atoms with van der Waals surface area (Å²) in [6, 6.07) is 8.38. The zero-order valence-electron chi connectivity index (χ0n) is 8.79. The van der Waals surface area contributed by atoms with Crippen LogP contribution in [0, 0.1) is 13.5 Å². The number of carbonyl (C=O) groups is 1. The molecule has 0 radical (unpaired) electrons. The second-order valence-electron chi connectivity index (χ2n) is 2.83. The normalized spacial score (nSPS) is 8.54. The maximum atomic E-state index is 10.5. The van der Waals surface area contributed by atoms with Crippen molar-refractivity contribution in [1.82, 2.24) is 0 Å². The average Bonchev–Trinajstić information content (AvgIpc) is 2.04. The number of aldehydes is 1. The molecule has 0 heterocycles. The predicted molar refractivity (Wildman–Crippen MR) is 51.2 cm³/mol. The first-order chi connectivity index (χ1) is 5.25. The topological polar surface area (TPSA) is 17.1 Å². The molecule has 0 aromatic heterocycles. The first-order valence-electron chi connectivity index (χ1n) is 3.71. The van der Waals surface area contributed by atoms with Crippen LogP contribution in [0.2, 0.25) is 0 Å². The number of hydrogen-bond donors (Lipinski definition) is 0. The maximum Gasteiger partial charge on any atom is 1.00 e. The molecule has 0 atom stereocenters. The van der Waals surface area contributed by atoms with E-state index < -0.39 is 0 Å². The fourth-order valence-electron chi connectivity index (χ4n) is 1.06. The molecule has 0 saturated carbocycles. The molecule has 1 nitrogen and oxygen atoms in total. The van der Waals surface area contributed by atoms with Crippen molar-refractivity contribution in [3.63, 3.8) is 0 Å². The average molecular weight is 201 g/mol. The van der Waals surface area contributed by atoms with Crippen LogP contribution in [-0.4, -0.2) is 6.29 Å². The van der Waals surface area contributed by atoms with Gasteiger partial charge in [0.2, 0.25) is 0 Å². The minimum absolute atomic E-state index is 0. The minimum atomic E-state index is 0. The molecule has 0 unspecified atom stereocenters. The van der Waals surface area contributed by atoms with Gasteiger partial charge in [0.25, 0.3) is 0 Å². The van der Waals surface area contributed by atoms with Gasteiger partial charge in [-0.25, -0.2) is 0 Å². The molecule has 1 aromatic rings. The largest absolute Gasteiger partial charge is 1.00 e. The van der Waals surface area contributed by atoms with Gasteiger partial charge in [-0.15, -0.1) is 5.56 Å². The zero-order valence-corrected chi connectivity index (χ0v) is 11.9. The second kappa shape index (κ2) is 7.89. The monoisotopic (exact) mass is 201 g/mol. The van der Waals surface area contributed by atoms with Gasteiger partial charge in [0, 0.05) is 0 Å². The molecule has 66 valence electrons. The van der Waals surface area contributed by atoms with Gasteiger partial charge in [0.05, 0.1) is 0 Å². The van der Waals surface area contributed by atoms with Crippen LogP contribution in [0.3, 0.4) is 0 Å². The Labute approximate surface area is 123 Å². The predicted octanol–water partition coefficient (Wildman–Crippen LogP) is -0.123. The molecule has 0 amide bonds. The molecule has 0 N–H and O–H groups in total. The Bertz CT molecular complexity index is 256. The van der Waals surface area contributed by atoms with Crippen LogP contribution in [-0.2, 0) is 0 Å². The summed E-state index contributed by atoms with van der Waals surface area (Å²) in [6.45, 7) is 4.13.